The third-order valence-electron chi connectivity index (χ3n) is 4.43. The van der Waals surface area contributed by atoms with Crippen molar-refractivity contribution < 1.29 is 19.5 Å². The summed E-state index contributed by atoms with van der Waals surface area (Å²) in [5, 5.41) is 12.4. The van der Waals surface area contributed by atoms with Crippen LogP contribution >= 0.6 is 11.3 Å². The monoisotopic (exact) mass is 411 g/mol. The van der Waals surface area contributed by atoms with Crippen LogP contribution in [0.5, 0.6) is 0 Å². The average Bonchev–Trinajstić information content (AvgIpc) is 2.99. The van der Waals surface area contributed by atoms with Gasteiger partial charge in [0.1, 0.15) is 6.04 Å². The van der Waals surface area contributed by atoms with Crippen LogP contribution in [0, 0.1) is 6.92 Å². The highest BCUT2D eigenvalue weighted by Crippen LogP contribution is 2.26. The zero-order valence-electron chi connectivity index (χ0n) is 16.3. The van der Waals surface area contributed by atoms with Gasteiger partial charge in [0.2, 0.25) is 5.91 Å². The number of carbonyl (C=O) groups is 3. The molecule has 8 heteroatoms. The van der Waals surface area contributed by atoms with Crippen molar-refractivity contribution in [2.75, 3.05) is 5.32 Å². The summed E-state index contributed by atoms with van der Waals surface area (Å²) in [6.07, 6.45) is 0.334. The number of carboxylic acids is 1. The number of benzene rings is 2. The molecule has 150 valence electrons. The minimum Gasteiger partial charge on any atom is -0.480 e. The maximum atomic E-state index is 12.7. The Bertz CT molecular complexity index is 1160. The van der Waals surface area contributed by atoms with Gasteiger partial charge < -0.3 is 15.0 Å². The predicted octanol–water partition coefficient (Wildman–Crippen LogP) is 3.75. The molecule has 3 rings (SSSR count). The Morgan fingerprint density at radius 2 is 1.86 bits per heavy atom. The fourth-order valence-corrected chi connectivity index (χ4v) is 4.13. The summed E-state index contributed by atoms with van der Waals surface area (Å²) >= 11 is 1.21. The predicted molar refractivity (Wildman–Crippen MR) is 112 cm³/mol. The molecule has 0 fully saturated rings. The van der Waals surface area contributed by atoms with Crippen molar-refractivity contribution in [3.8, 4) is 0 Å². The first kappa shape index (κ1) is 20.5. The number of anilines is 1. The van der Waals surface area contributed by atoms with Gasteiger partial charge in [0, 0.05) is 18.2 Å². The molecule has 2 aromatic carbocycles. The molecule has 0 aliphatic heterocycles. The first-order chi connectivity index (χ1) is 13.8. The summed E-state index contributed by atoms with van der Waals surface area (Å²) in [6.45, 7) is 5.11. The van der Waals surface area contributed by atoms with Crippen molar-refractivity contribution in [1.82, 2.24) is 4.57 Å². The van der Waals surface area contributed by atoms with E-state index in [0.717, 1.165) is 10.3 Å². The van der Waals surface area contributed by atoms with E-state index in [2.05, 4.69) is 10.3 Å². The van der Waals surface area contributed by atoms with Gasteiger partial charge in [-0.25, -0.2) is 4.79 Å². The Hall–Kier alpha value is -3.26. The van der Waals surface area contributed by atoms with Gasteiger partial charge >= 0.3 is 5.97 Å². The quantitative estimate of drug-likeness (QED) is 0.668. The summed E-state index contributed by atoms with van der Waals surface area (Å²) in [7, 11) is 0. The molecule has 0 bridgehead atoms. The number of aliphatic carboxylic acids is 1. The highest BCUT2D eigenvalue weighted by molar-refractivity contribution is 7.16. The number of carboxylic acid groups (broad SMARTS) is 1. The van der Waals surface area contributed by atoms with Crippen LogP contribution in [0.2, 0.25) is 0 Å². The SMILES string of the molecule is CCC(C(=O)O)n1/c(=N/C(=O)c2ccc(C)cc2)sc2cc(NC(C)=O)ccc21. The molecule has 1 heterocycles. The van der Waals surface area contributed by atoms with Crippen molar-refractivity contribution in [3.05, 3.63) is 58.4 Å². The lowest BCUT2D eigenvalue weighted by molar-refractivity contribution is -0.141. The van der Waals surface area contributed by atoms with Gasteiger partial charge in [0.25, 0.3) is 5.91 Å². The second-order valence-corrected chi connectivity index (χ2v) is 7.67. The molecule has 1 aromatic heterocycles. The maximum Gasteiger partial charge on any atom is 0.326 e. The van der Waals surface area contributed by atoms with E-state index in [1.807, 2.05) is 19.1 Å². The topological polar surface area (TPSA) is 101 Å². The van der Waals surface area contributed by atoms with Crippen LogP contribution in [-0.2, 0) is 9.59 Å². The van der Waals surface area contributed by atoms with E-state index in [1.165, 1.54) is 18.3 Å². The van der Waals surface area contributed by atoms with Crippen molar-refractivity contribution in [3.63, 3.8) is 0 Å². The minimum absolute atomic E-state index is 0.204. The lowest BCUT2D eigenvalue weighted by Crippen LogP contribution is -2.27. The normalized spacial score (nSPS) is 12.7. The Balaban J connectivity index is 2.20. The number of fused-ring (bicyclic) bond motifs is 1. The number of aromatic nitrogens is 1. The molecule has 29 heavy (non-hydrogen) atoms. The van der Waals surface area contributed by atoms with Crippen molar-refractivity contribution >= 4 is 45.0 Å². The molecule has 0 radical (unpaired) electrons. The summed E-state index contributed by atoms with van der Waals surface area (Å²) in [4.78, 5) is 40.4. The molecule has 3 aromatic rings. The van der Waals surface area contributed by atoms with E-state index in [9.17, 15) is 19.5 Å². The smallest absolute Gasteiger partial charge is 0.326 e. The Kier molecular flexibility index (Phi) is 5.93. The third kappa shape index (κ3) is 4.43. The van der Waals surface area contributed by atoms with Crippen molar-refractivity contribution in [2.24, 2.45) is 4.99 Å². The number of hydrogen-bond donors (Lipinski definition) is 2. The first-order valence-corrected chi connectivity index (χ1v) is 9.93. The fraction of sp³-hybridized carbons (Fsp3) is 0.238. The summed E-state index contributed by atoms with van der Waals surface area (Å²) in [6, 6.07) is 11.4. The highest BCUT2D eigenvalue weighted by atomic mass is 32.1. The van der Waals surface area contributed by atoms with Gasteiger partial charge in [0.15, 0.2) is 4.80 Å². The van der Waals surface area contributed by atoms with Gasteiger partial charge in [-0.1, -0.05) is 36.0 Å². The van der Waals surface area contributed by atoms with Crippen LogP contribution in [0.4, 0.5) is 5.69 Å². The summed E-state index contributed by atoms with van der Waals surface area (Å²) in [5.41, 5.74) is 2.70. The van der Waals surface area contributed by atoms with E-state index in [1.54, 1.807) is 41.8 Å². The van der Waals surface area contributed by atoms with E-state index in [-0.39, 0.29) is 5.91 Å². The molecule has 0 saturated carbocycles. The van der Waals surface area contributed by atoms with E-state index >= 15 is 0 Å². The zero-order valence-corrected chi connectivity index (χ0v) is 17.1. The summed E-state index contributed by atoms with van der Waals surface area (Å²) < 4.78 is 2.30. The van der Waals surface area contributed by atoms with Crippen LogP contribution in [0.3, 0.4) is 0 Å². The van der Waals surface area contributed by atoms with Gasteiger partial charge in [-0.3, -0.25) is 9.59 Å². The molecule has 1 atom stereocenters. The van der Waals surface area contributed by atoms with Crippen LogP contribution in [0.1, 0.15) is 42.2 Å². The van der Waals surface area contributed by atoms with Gasteiger partial charge in [0.05, 0.1) is 10.2 Å². The summed E-state index contributed by atoms with van der Waals surface area (Å²) in [5.74, 6) is -1.64. The van der Waals surface area contributed by atoms with Gasteiger partial charge in [-0.05, 0) is 43.7 Å². The zero-order chi connectivity index (χ0) is 21.1. The number of hydrogen-bond acceptors (Lipinski definition) is 4. The second kappa shape index (κ2) is 8.40. The lowest BCUT2D eigenvalue weighted by atomic mass is 10.1. The molecule has 7 nitrogen and oxygen atoms in total. The third-order valence-corrected chi connectivity index (χ3v) is 5.44. The standard InChI is InChI=1S/C21H21N3O4S/c1-4-16(20(27)28)24-17-10-9-15(22-13(3)25)11-18(17)29-21(24)23-19(26)14-7-5-12(2)6-8-14/h5-11,16H,4H2,1-3H3,(H,22,25)(H,27,28)/b23-21-. The number of rotatable bonds is 5. The highest BCUT2D eigenvalue weighted by Gasteiger charge is 2.22. The van der Waals surface area contributed by atoms with Crippen LogP contribution < -0.4 is 10.1 Å². The largest absolute Gasteiger partial charge is 0.480 e. The van der Waals surface area contributed by atoms with E-state index in [4.69, 9.17) is 0 Å². The number of thiazole rings is 1. The van der Waals surface area contributed by atoms with Crippen LogP contribution in [-0.4, -0.2) is 27.5 Å². The molecule has 0 aliphatic carbocycles. The molecule has 0 spiro atoms. The number of carbonyl (C=O) groups excluding carboxylic acids is 2. The molecule has 2 amide bonds. The van der Waals surface area contributed by atoms with Gasteiger partial charge in [-0.15, -0.1) is 0 Å². The molecule has 1 unspecified atom stereocenters. The molecule has 2 N–H and O–H groups in total. The fourth-order valence-electron chi connectivity index (χ4n) is 3.02. The first-order valence-electron chi connectivity index (χ1n) is 9.11. The van der Waals surface area contributed by atoms with Crippen molar-refractivity contribution in [2.45, 2.75) is 33.2 Å². The molecule has 0 aliphatic rings. The van der Waals surface area contributed by atoms with Crippen molar-refractivity contribution in [1.29, 1.82) is 0 Å². The molecular weight excluding hydrogens is 390 g/mol. The maximum absolute atomic E-state index is 12.7. The number of nitrogens with one attached hydrogen (secondary N) is 1. The Morgan fingerprint density at radius 1 is 1.17 bits per heavy atom. The van der Waals surface area contributed by atoms with E-state index < -0.39 is 17.9 Å². The number of aryl methyl sites for hydroxylation is 1. The average molecular weight is 411 g/mol. The Labute approximate surface area is 171 Å². The Morgan fingerprint density at radius 3 is 2.45 bits per heavy atom. The molecule has 0 saturated heterocycles. The minimum atomic E-state index is -0.998. The van der Waals surface area contributed by atoms with Crippen LogP contribution in [0.25, 0.3) is 10.2 Å². The molecular formula is C21H21N3O4S. The lowest BCUT2D eigenvalue weighted by Gasteiger charge is -2.13. The second-order valence-electron chi connectivity index (χ2n) is 6.66. The van der Waals surface area contributed by atoms with E-state index in [0.29, 0.717) is 28.0 Å². The number of amides is 2. The number of nitrogens with zero attached hydrogens (tertiary/aromatic N) is 2. The van der Waals surface area contributed by atoms with Gasteiger partial charge in [-0.2, -0.15) is 4.99 Å². The van der Waals surface area contributed by atoms with Crippen LogP contribution in [0.15, 0.2) is 47.5 Å².